The fourth-order valence-electron chi connectivity index (χ4n) is 3.88. The Balaban J connectivity index is 1.60. The standard InChI is InChI=1S/C22H25N3O2S/c1-14-7-8-15(13-23-14)11-16-12-19(24-18-9-10-28-21(16)18)22(26)25-17-5-3-4-6-20(17)27-2/h7-10,12-13,17,20H,3-6,11H2,1-2H3,(H,25,26)/t17-,20-/m0/s1. The topological polar surface area (TPSA) is 64.1 Å². The van der Waals surface area contributed by atoms with E-state index >= 15 is 0 Å². The molecule has 1 fully saturated rings. The third-order valence-electron chi connectivity index (χ3n) is 5.41. The van der Waals surface area contributed by atoms with Crippen molar-refractivity contribution in [3.63, 3.8) is 0 Å². The van der Waals surface area contributed by atoms with Crippen molar-refractivity contribution in [3.05, 3.63) is 58.4 Å². The van der Waals surface area contributed by atoms with Gasteiger partial charge in [-0.15, -0.1) is 11.3 Å². The van der Waals surface area contributed by atoms with Crippen LogP contribution in [0, 0.1) is 6.92 Å². The van der Waals surface area contributed by atoms with Crippen LogP contribution in [-0.4, -0.2) is 35.1 Å². The zero-order chi connectivity index (χ0) is 19.5. The Kier molecular flexibility index (Phi) is 5.69. The number of amides is 1. The normalized spacial score (nSPS) is 19.6. The minimum Gasteiger partial charge on any atom is -0.379 e. The molecule has 0 saturated heterocycles. The number of ether oxygens (including phenoxy) is 1. The maximum atomic E-state index is 13.0. The van der Waals surface area contributed by atoms with E-state index in [0.29, 0.717) is 5.69 Å². The monoisotopic (exact) mass is 395 g/mol. The van der Waals surface area contributed by atoms with E-state index in [1.54, 1.807) is 18.4 Å². The van der Waals surface area contributed by atoms with E-state index in [-0.39, 0.29) is 18.1 Å². The number of aromatic nitrogens is 2. The smallest absolute Gasteiger partial charge is 0.270 e. The van der Waals surface area contributed by atoms with Gasteiger partial charge in [-0.05, 0) is 54.5 Å². The quantitative estimate of drug-likeness (QED) is 0.700. The van der Waals surface area contributed by atoms with E-state index in [2.05, 4.69) is 21.4 Å². The van der Waals surface area contributed by atoms with Gasteiger partial charge in [0.2, 0.25) is 0 Å². The van der Waals surface area contributed by atoms with Crippen LogP contribution in [-0.2, 0) is 11.2 Å². The number of methoxy groups -OCH3 is 1. The van der Waals surface area contributed by atoms with Crippen LogP contribution >= 0.6 is 11.3 Å². The number of thiophene rings is 1. The van der Waals surface area contributed by atoms with Crippen molar-refractivity contribution in [2.75, 3.05) is 7.11 Å². The van der Waals surface area contributed by atoms with Gasteiger partial charge in [-0.3, -0.25) is 9.78 Å². The first-order valence-corrected chi connectivity index (χ1v) is 10.6. The Morgan fingerprint density at radius 2 is 2.14 bits per heavy atom. The van der Waals surface area contributed by atoms with E-state index in [4.69, 9.17) is 4.74 Å². The van der Waals surface area contributed by atoms with Gasteiger partial charge in [-0.25, -0.2) is 4.98 Å². The molecule has 1 aliphatic carbocycles. The molecule has 0 bridgehead atoms. The first-order chi connectivity index (χ1) is 13.6. The van der Waals surface area contributed by atoms with Crippen molar-refractivity contribution < 1.29 is 9.53 Å². The molecule has 3 aromatic heterocycles. The predicted octanol–water partition coefficient (Wildman–Crippen LogP) is 4.28. The van der Waals surface area contributed by atoms with Gasteiger partial charge >= 0.3 is 0 Å². The summed E-state index contributed by atoms with van der Waals surface area (Å²) in [6, 6.07) is 8.07. The number of hydrogen-bond donors (Lipinski definition) is 1. The van der Waals surface area contributed by atoms with E-state index < -0.39 is 0 Å². The summed E-state index contributed by atoms with van der Waals surface area (Å²) < 4.78 is 6.70. The van der Waals surface area contributed by atoms with Gasteiger partial charge in [0.25, 0.3) is 5.91 Å². The van der Waals surface area contributed by atoms with Crippen LogP contribution in [0.3, 0.4) is 0 Å². The van der Waals surface area contributed by atoms with E-state index in [1.807, 2.05) is 36.7 Å². The van der Waals surface area contributed by atoms with Gasteiger partial charge in [0.05, 0.1) is 22.4 Å². The van der Waals surface area contributed by atoms with Crippen molar-refractivity contribution in [2.45, 2.75) is 51.2 Å². The first kappa shape index (κ1) is 19.0. The van der Waals surface area contributed by atoms with E-state index in [1.165, 1.54) is 0 Å². The second-order valence-corrected chi connectivity index (χ2v) is 8.34. The van der Waals surface area contributed by atoms with Crippen molar-refractivity contribution in [1.82, 2.24) is 15.3 Å². The highest BCUT2D eigenvalue weighted by molar-refractivity contribution is 7.17. The predicted molar refractivity (Wildman–Crippen MR) is 112 cm³/mol. The number of fused-ring (bicyclic) bond motifs is 1. The molecule has 4 rings (SSSR count). The Labute approximate surface area is 169 Å². The summed E-state index contributed by atoms with van der Waals surface area (Å²) in [5.41, 5.74) is 4.59. The van der Waals surface area contributed by atoms with Crippen molar-refractivity contribution >= 4 is 27.5 Å². The molecule has 146 valence electrons. The van der Waals surface area contributed by atoms with Gasteiger partial charge in [0.15, 0.2) is 0 Å². The summed E-state index contributed by atoms with van der Waals surface area (Å²) >= 11 is 1.66. The molecule has 6 heteroatoms. The number of carbonyl (C=O) groups excluding carboxylic acids is 1. The Bertz CT molecular complexity index is 968. The number of carbonyl (C=O) groups is 1. The summed E-state index contributed by atoms with van der Waals surface area (Å²) in [6.07, 6.45) is 6.93. The lowest BCUT2D eigenvalue weighted by Gasteiger charge is -2.30. The average Bonchev–Trinajstić information content (AvgIpc) is 3.19. The molecule has 0 aromatic carbocycles. The molecule has 0 aliphatic heterocycles. The molecule has 28 heavy (non-hydrogen) atoms. The molecule has 0 spiro atoms. The summed E-state index contributed by atoms with van der Waals surface area (Å²) in [5, 5.41) is 5.18. The zero-order valence-corrected chi connectivity index (χ0v) is 17.1. The SMILES string of the molecule is CO[C@H]1CCCC[C@@H]1NC(=O)c1cc(Cc2ccc(C)nc2)c2sccc2n1. The number of nitrogens with zero attached hydrogens (tertiary/aromatic N) is 2. The maximum Gasteiger partial charge on any atom is 0.270 e. The third-order valence-corrected chi connectivity index (χ3v) is 6.39. The molecule has 1 N–H and O–H groups in total. The second-order valence-electron chi connectivity index (χ2n) is 7.42. The number of rotatable bonds is 5. The highest BCUT2D eigenvalue weighted by Crippen LogP contribution is 2.27. The fourth-order valence-corrected chi connectivity index (χ4v) is 4.73. The van der Waals surface area contributed by atoms with Crippen LogP contribution < -0.4 is 5.32 Å². The van der Waals surface area contributed by atoms with Crippen LogP contribution in [0.2, 0.25) is 0 Å². The number of aryl methyl sites for hydroxylation is 1. The van der Waals surface area contributed by atoms with Gasteiger partial charge in [0.1, 0.15) is 5.69 Å². The van der Waals surface area contributed by atoms with Gasteiger partial charge in [-0.2, -0.15) is 0 Å². The molecule has 1 saturated carbocycles. The molecule has 2 atom stereocenters. The number of nitrogens with one attached hydrogen (secondary N) is 1. The number of hydrogen-bond acceptors (Lipinski definition) is 5. The fraction of sp³-hybridized carbons (Fsp3) is 0.409. The van der Waals surface area contributed by atoms with Gasteiger partial charge in [-0.1, -0.05) is 18.9 Å². The molecule has 0 unspecified atom stereocenters. The van der Waals surface area contributed by atoms with Crippen LogP contribution in [0.5, 0.6) is 0 Å². The minimum absolute atomic E-state index is 0.0518. The van der Waals surface area contributed by atoms with Crippen molar-refractivity contribution in [2.24, 2.45) is 0 Å². The summed E-state index contributed by atoms with van der Waals surface area (Å²) in [7, 11) is 1.72. The third kappa shape index (κ3) is 4.08. The maximum absolute atomic E-state index is 13.0. The molecule has 3 aromatic rings. The summed E-state index contributed by atoms with van der Waals surface area (Å²) in [4.78, 5) is 22.0. The second kappa shape index (κ2) is 8.37. The van der Waals surface area contributed by atoms with Crippen LogP contribution in [0.15, 0.2) is 35.8 Å². The number of pyridine rings is 2. The molecular weight excluding hydrogens is 370 g/mol. The Morgan fingerprint density at radius 1 is 1.29 bits per heavy atom. The highest BCUT2D eigenvalue weighted by atomic mass is 32.1. The Hall–Kier alpha value is -2.31. The summed E-state index contributed by atoms with van der Waals surface area (Å²) in [5.74, 6) is -0.120. The lowest BCUT2D eigenvalue weighted by Crippen LogP contribution is -2.46. The molecule has 1 amide bonds. The van der Waals surface area contributed by atoms with Crippen LogP contribution in [0.4, 0.5) is 0 Å². The molecular formula is C22H25N3O2S. The van der Waals surface area contributed by atoms with Crippen LogP contribution in [0.25, 0.3) is 10.2 Å². The van der Waals surface area contributed by atoms with Gasteiger partial charge < -0.3 is 10.1 Å². The Morgan fingerprint density at radius 3 is 2.93 bits per heavy atom. The lowest BCUT2D eigenvalue weighted by atomic mass is 9.92. The minimum atomic E-state index is -0.120. The van der Waals surface area contributed by atoms with E-state index in [9.17, 15) is 4.79 Å². The van der Waals surface area contributed by atoms with Crippen molar-refractivity contribution in [3.8, 4) is 0 Å². The molecule has 1 aliphatic rings. The van der Waals surface area contributed by atoms with E-state index in [0.717, 1.165) is 59.1 Å². The van der Waals surface area contributed by atoms with Crippen LogP contribution in [0.1, 0.15) is 53.0 Å². The lowest BCUT2D eigenvalue weighted by molar-refractivity contribution is 0.0391. The van der Waals surface area contributed by atoms with Crippen molar-refractivity contribution in [1.29, 1.82) is 0 Å². The molecule has 5 nitrogen and oxygen atoms in total. The highest BCUT2D eigenvalue weighted by Gasteiger charge is 2.27. The summed E-state index contributed by atoms with van der Waals surface area (Å²) in [6.45, 7) is 1.98. The first-order valence-electron chi connectivity index (χ1n) is 9.76. The largest absolute Gasteiger partial charge is 0.379 e. The van der Waals surface area contributed by atoms with Gasteiger partial charge in [0, 0.05) is 25.4 Å². The molecule has 3 heterocycles. The molecule has 0 radical (unpaired) electrons. The average molecular weight is 396 g/mol. The zero-order valence-electron chi connectivity index (χ0n) is 16.3.